The summed E-state index contributed by atoms with van der Waals surface area (Å²) in [6.45, 7) is 5.04. The smallest absolute Gasteiger partial charge is 0.140 e. The molecule has 2 aliphatic rings. The molecule has 2 rings (SSSR count). The topological polar surface area (TPSA) is 38.3 Å². The number of piperidine rings is 1. The molecule has 2 unspecified atom stereocenters. The molecule has 0 aromatic carbocycles. The lowest BCUT2D eigenvalue weighted by atomic mass is 9.73. The average molecular weight is 253 g/mol. The highest BCUT2D eigenvalue weighted by Gasteiger charge is 2.36. The quantitative estimate of drug-likeness (QED) is 0.791. The van der Waals surface area contributed by atoms with E-state index in [1.54, 1.807) is 0 Å². The lowest BCUT2D eigenvalue weighted by molar-refractivity contribution is -0.130. The van der Waals surface area contributed by atoms with Gasteiger partial charge in [-0.25, -0.2) is 0 Å². The van der Waals surface area contributed by atoms with Crippen molar-refractivity contribution in [2.24, 2.45) is 5.41 Å². The Morgan fingerprint density at radius 3 is 2.94 bits per heavy atom. The Labute approximate surface area is 111 Å². The zero-order valence-electron chi connectivity index (χ0n) is 11.7. The van der Waals surface area contributed by atoms with Crippen LogP contribution in [0, 0.1) is 5.41 Å². The van der Waals surface area contributed by atoms with Crippen molar-refractivity contribution in [1.29, 1.82) is 0 Å². The SMILES string of the molecule is CCC1(C(=O)CCCC2CCCO2)CCCNC1. The molecule has 0 aromatic heterocycles. The fourth-order valence-electron chi connectivity index (χ4n) is 3.33. The van der Waals surface area contributed by atoms with E-state index in [-0.39, 0.29) is 5.41 Å². The molecule has 0 amide bonds. The molecule has 0 spiro atoms. The number of ketones is 1. The lowest BCUT2D eigenvalue weighted by Crippen LogP contribution is -2.45. The number of rotatable bonds is 6. The van der Waals surface area contributed by atoms with E-state index in [9.17, 15) is 4.79 Å². The summed E-state index contributed by atoms with van der Waals surface area (Å²) in [4.78, 5) is 12.4. The molecular weight excluding hydrogens is 226 g/mol. The third-order valence-electron chi connectivity index (χ3n) is 4.69. The molecule has 3 heteroatoms. The molecule has 3 nitrogen and oxygen atoms in total. The third-order valence-corrected chi connectivity index (χ3v) is 4.69. The molecule has 2 fully saturated rings. The van der Waals surface area contributed by atoms with Gasteiger partial charge in [-0.2, -0.15) is 0 Å². The van der Waals surface area contributed by atoms with E-state index < -0.39 is 0 Å². The molecule has 104 valence electrons. The molecule has 0 aromatic rings. The number of nitrogens with one attached hydrogen (secondary N) is 1. The van der Waals surface area contributed by atoms with Crippen molar-refractivity contribution in [3.63, 3.8) is 0 Å². The number of Topliss-reactive ketones (excluding diaryl/α,β-unsaturated/α-hetero) is 1. The number of hydrogen-bond acceptors (Lipinski definition) is 3. The Hall–Kier alpha value is -0.410. The maximum absolute atomic E-state index is 12.4. The second-order valence-corrected chi connectivity index (χ2v) is 5.86. The Morgan fingerprint density at radius 1 is 1.44 bits per heavy atom. The van der Waals surface area contributed by atoms with Crippen molar-refractivity contribution in [1.82, 2.24) is 5.32 Å². The zero-order valence-corrected chi connectivity index (χ0v) is 11.7. The van der Waals surface area contributed by atoms with Crippen LogP contribution in [0.25, 0.3) is 0 Å². The van der Waals surface area contributed by atoms with Gasteiger partial charge in [0.05, 0.1) is 6.10 Å². The number of carbonyl (C=O) groups excluding carboxylic acids is 1. The van der Waals surface area contributed by atoms with Gasteiger partial charge in [-0.05, 0) is 51.5 Å². The minimum Gasteiger partial charge on any atom is -0.378 e. The summed E-state index contributed by atoms with van der Waals surface area (Å²) in [5, 5.41) is 3.39. The van der Waals surface area contributed by atoms with Crippen molar-refractivity contribution in [3.05, 3.63) is 0 Å². The van der Waals surface area contributed by atoms with Crippen LogP contribution in [0.3, 0.4) is 0 Å². The van der Waals surface area contributed by atoms with Crippen LogP contribution < -0.4 is 5.32 Å². The minimum atomic E-state index is -0.0607. The molecule has 0 aliphatic carbocycles. The summed E-state index contributed by atoms with van der Waals surface area (Å²) in [5.74, 6) is 0.482. The van der Waals surface area contributed by atoms with Crippen LogP contribution in [0.5, 0.6) is 0 Å². The highest BCUT2D eigenvalue weighted by atomic mass is 16.5. The van der Waals surface area contributed by atoms with Crippen molar-refractivity contribution in [2.45, 2.75) is 64.4 Å². The molecule has 2 aliphatic heterocycles. The van der Waals surface area contributed by atoms with Crippen LogP contribution >= 0.6 is 0 Å². The van der Waals surface area contributed by atoms with Crippen LogP contribution in [-0.4, -0.2) is 31.6 Å². The fourth-order valence-corrected chi connectivity index (χ4v) is 3.33. The van der Waals surface area contributed by atoms with E-state index >= 15 is 0 Å². The Bertz CT molecular complexity index is 266. The van der Waals surface area contributed by atoms with Crippen molar-refractivity contribution >= 4 is 5.78 Å². The number of ether oxygens (including phenoxy) is 1. The van der Waals surface area contributed by atoms with E-state index in [0.717, 1.165) is 58.2 Å². The summed E-state index contributed by atoms with van der Waals surface area (Å²) in [5.41, 5.74) is -0.0607. The second kappa shape index (κ2) is 6.67. The molecule has 18 heavy (non-hydrogen) atoms. The fraction of sp³-hybridized carbons (Fsp3) is 0.933. The van der Waals surface area contributed by atoms with Crippen molar-refractivity contribution in [3.8, 4) is 0 Å². The number of hydrogen-bond donors (Lipinski definition) is 1. The standard InChI is InChI=1S/C15H27NO2/c1-2-15(9-5-10-16-12-15)14(17)8-3-6-13-7-4-11-18-13/h13,16H,2-12H2,1H3. The first-order chi connectivity index (χ1) is 8.77. The van der Waals surface area contributed by atoms with E-state index in [1.807, 2.05) is 0 Å². The first kappa shape index (κ1) is 14.0. The zero-order chi connectivity index (χ0) is 12.8. The molecule has 2 atom stereocenters. The molecule has 2 heterocycles. The van der Waals surface area contributed by atoms with Gasteiger partial charge in [0.15, 0.2) is 0 Å². The van der Waals surface area contributed by atoms with Crippen molar-refractivity contribution < 1.29 is 9.53 Å². The van der Waals surface area contributed by atoms with Gasteiger partial charge in [0.25, 0.3) is 0 Å². The summed E-state index contributed by atoms with van der Waals surface area (Å²) < 4.78 is 5.61. The summed E-state index contributed by atoms with van der Waals surface area (Å²) >= 11 is 0. The molecule has 2 saturated heterocycles. The summed E-state index contributed by atoms with van der Waals surface area (Å²) in [6.07, 6.45) is 8.84. The molecule has 0 bridgehead atoms. The number of carbonyl (C=O) groups is 1. The predicted molar refractivity (Wildman–Crippen MR) is 72.7 cm³/mol. The maximum Gasteiger partial charge on any atom is 0.140 e. The van der Waals surface area contributed by atoms with Gasteiger partial charge < -0.3 is 10.1 Å². The van der Waals surface area contributed by atoms with Gasteiger partial charge in [-0.15, -0.1) is 0 Å². The largest absolute Gasteiger partial charge is 0.378 e. The van der Waals surface area contributed by atoms with E-state index in [0.29, 0.717) is 11.9 Å². The van der Waals surface area contributed by atoms with Crippen LogP contribution in [0.4, 0.5) is 0 Å². The van der Waals surface area contributed by atoms with Gasteiger partial charge in [0, 0.05) is 25.0 Å². The van der Waals surface area contributed by atoms with Gasteiger partial charge in [-0.1, -0.05) is 6.92 Å². The van der Waals surface area contributed by atoms with Gasteiger partial charge >= 0.3 is 0 Å². The first-order valence-electron chi connectivity index (χ1n) is 7.62. The monoisotopic (exact) mass is 253 g/mol. The van der Waals surface area contributed by atoms with E-state index in [4.69, 9.17) is 4.74 Å². The normalized spacial score (nSPS) is 32.6. The molecule has 1 N–H and O–H groups in total. The van der Waals surface area contributed by atoms with Gasteiger partial charge in [0.1, 0.15) is 5.78 Å². The van der Waals surface area contributed by atoms with Crippen LogP contribution in [0.15, 0.2) is 0 Å². The second-order valence-electron chi connectivity index (χ2n) is 5.86. The average Bonchev–Trinajstić information content (AvgIpc) is 2.92. The van der Waals surface area contributed by atoms with Crippen LogP contribution in [-0.2, 0) is 9.53 Å². The Kier molecular flexibility index (Phi) is 5.19. The molecule has 0 saturated carbocycles. The van der Waals surface area contributed by atoms with Crippen LogP contribution in [0.2, 0.25) is 0 Å². The predicted octanol–water partition coefficient (Wildman–Crippen LogP) is 2.68. The Morgan fingerprint density at radius 2 is 2.33 bits per heavy atom. The van der Waals surface area contributed by atoms with Gasteiger partial charge in [-0.3, -0.25) is 4.79 Å². The first-order valence-corrected chi connectivity index (χ1v) is 7.62. The van der Waals surface area contributed by atoms with E-state index in [1.165, 1.54) is 12.8 Å². The molecule has 0 radical (unpaired) electrons. The van der Waals surface area contributed by atoms with E-state index in [2.05, 4.69) is 12.2 Å². The summed E-state index contributed by atoms with van der Waals surface area (Å²) in [6, 6.07) is 0. The highest BCUT2D eigenvalue weighted by molar-refractivity contribution is 5.85. The third kappa shape index (κ3) is 3.33. The highest BCUT2D eigenvalue weighted by Crippen LogP contribution is 2.33. The van der Waals surface area contributed by atoms with Crippen LogP contribution in [0.1, 0.15) is 58.3 Å². The Balaban J connectivity index is 1.74. The molecular formula is C15H27NO2. The van der Waals surface area contributed by atoms with Crippen molar-refractivity contribution in [2.75, 3.05) is 19.7 Å². The maximum atomic E-state index is 12.4. The minimum absolute atomic E-state index is 0.0607. The van der Waals surface area contributed by atoms with Gasteiger partial charge in [0.2, 0.25) is 0 Å². The lowest BCUT2D eigenvalue weighted by Gasteiger charge is -2.35. The summed E-state index contributed by atoms with van der Waals surface area (Å²) in [7, 11) is 0.